The number of thiocarbonyl (C=S) groups is 1. The summed E-state index contributed by atoms with van der Waals surface area (Å²) in [4.78, 5) is 39.7. The lowest BCUT2D eigenvalue weighted by Crippen LogP contribution is -2.45. The summed E-state index contributed by atoms with van der Waals surface area (Å²) in [6, 6.07) is 15.8. The van der Waals surface area contributed by atoms with Crippen LogP contribution >= 0.6 is 24.0 Å². The molecule has 4 rings (SSSR count). The second-order valence-electron chi connectivity index (χ2n) is 5.90. The van der Waals surface area contributed by atoms with Crippen LogP contribution in [0.4, 0.5) is 5.69 Å². The van der Waals surface area contributed by atoms with Gasteiger partial charge in [-0.25, -0.2) is 0 Å². The minimum atomic E-state index is -0.511. The van der Waals surface area contributed by atoms with Crippen LogP contribution in [0.25, 0.3) is 5.57 Å². The van der Waals surface area contributed by atoms with E-state index in [1.807, 2.05) is 18.2 Å². The van der Waals surface area contributed by atoms with Crippen molar-refractivity contribution in [2.24, 2.45) is 0 Å². The number of para-hydroxylation sites is 1. The minimum Gasteiger partial charge on any atom is -0.311 e. The molecule has 0 radical (unpaired) electrons. The smallest absolute Gasteiger partial charge is 0.286 e. The number of likely N-dealkylation sites (N-methyl/N-ethyl adjacent to an activating group) is 1. The SMILES string of the molecule is CN1C(=O)/C(=C2/SC(=S)N(NC(=O)c3ccccc3)C2=O)c2ccccc21. The molecule has 3 amide bonds. The van der Waals surface area contributed by atoms with Crippen molar-refractivity contribution in [1.29, 1.82) is 0 Å². The monoisotopic (exact) mass is 395 g/mol. The van der Waals surface area contributed by atoms with Crippen LogP contribution in [0.2, 0.25) is 0 Å². The fourth-order valence-corrected chi connectivity index (χ4v) is 4.21. The zero-order valence-corrected chi connectivity index (χ0v) is 15.8. The van der Waals surface area contributed by atoms with Crippen LogP contribution in [0.3, 0.4) is 0 Å². The number of carbonyl (C=O) groups excluding carboxylic acids is 3. The Morgan fingerprint density at radius 1 is 1.00 bits per heavy atom. The van der Waals surface area contributed by atoms with Gasteiger partial charge in [-0.1, -0.05) is 48.2 Å². The molecule has 0 saturated carbocycles. The topological polar surface area (TPSA) is 69.7 Å². The molecule has 0 aromatic heterocycles. The predicted octanol–water partition coefficient (Wildman–Crippen LogP) is 2.58. The van der Waals surface area contributed by atoms with E-state index < -0.39 is 11.8 Å². The van der Waals surface area contributed by atoms with Crippen molar-refractivity contribution in [3.63, 3.8) is 0 Å². The Hall–Kier alpha value is -2.97. The molecule has 27 heavy (non-hydrogen) atoms. The quantitative estimate of drug-likeness (QED) is 0.625. The number of hydrogen-bond donors (Lipinski definition) is 1. The Balaban J connectivity index is 1.69. The van der Waals surface area contributed by atoms with Gasteiger partial charge in [0.05, 0.1) is 16.2 Å². The van der Waals surface area contributed by atoms with Crippen molar-refractivity contribution >= 4 is 57.3 Å². The lowest BCUT2D eigenvalue weighted by Gasteiger charge is -2.15. The summed E-state index contributed by atoms with van der Waals surface area (Å²) in [5, 5.41) is 1.02. The summed E-state index contributed by atoms with van der Waals surface area (Å²) < 4.78 is 0.173. The second-order valence-corrected chi connectivity index (χ2v) is 7.55. The summed E-state index contributed by atoms with van der Waals surface area (Å²) in [6.45, 7) is 0. The van der Waals surface area contributed by atoms with Crippen LogP contribution < -0.4 is 10.3 Å². The molecule has 2 aromatic carbocycles. The zero-order chi connectivity index (χ0) is 19.1. The predicted molar refractivity (Wildman–Crippen MR) is 108 cm³/mol. The molecule has 1 N–H and O–H groups in total. The minimum absolute atomic E-state index is 0.173. The van der Waals surface area contributed by atoms with Gasteiger partial charge in [0.1, 0.15) is 0 Å². The fourth-order valence-electron chi connectivity index (χ4n) is 2.96. The average Bonchev–Trinajstić information content (AvgIpc) is 3.10. The standard InChI is InChI=1S/C19H13N3O3S2/c1-21-13-10-6-5-9-12(13)14(17(21)24)15-18(25)22(19(26)27-15)20-16(23)11-7-3-2-4-8-11/h2-10H,1H3,(H,20,23)/b15-14+. The normalized spacial score (nSPS) is 18.9. The average molecular weight is 395 g/mol. The van der Waals surface area contributed by atoms with Gasteiger partial charge in [-0.05, 0) is 30.4 Å². The number of benzene rings is 2. The Kier molecular flexibility index (Phi) is 4.29. The Morgan fingerprint density at radius 2 is 1.67 bits per heavy atom. The molecular weight excluding hydrogens is 382 g/mol. The molecule has 134 valence electrons. The van der Waals surface area contributed by atoms with Gasteiger partial charge in [-0.2, -0.15) is 5.01 Å². The van der Waals surface area contributed by atoms with Crippen LogP contribution in [0.5, 0.6) is 0 Å². The highest BCUT2D eigenvalue weighted by atomic mass is 32.2. The number of hydrogen-bond acceptors (Lipinski definition) is 5. The summed E-state index contributed by atoms with van der Waals surface area (Å²) in [5.74, 6) is -1.23. The van der Waals surface area contributed by atoms with E-state index in [-0.39, 0.29) is 15.1 Å². The summed E-state index contributed by atoms with van der Waals surface area (Å²) >= 11 is 6.27. The van der Waals surface area contributed by atoms with Crippen LogP contribution in [-0.4, -0.2) is 34.1 Å². The van der Waals surface area contributed by atoms with Gasteiger partial charge < -0.3 is 4.90 Å². The van der Waals surface area contributed by atoms with E-state index in [0.717, 1.165) is 22.5 Å². The fraction of sp³-hybridized carbons (Fsp3) is 0.0526. The van der Waals surface area contributed by atoms with E-state index in [0.29, 0.717) is 16.7 Å². The maximum atomic E-state index is 12.9. The van der Waals surface area contributed by atoms with Gasteiger partial charge in [-0.15, -0.1) is 0 Å². The Bertz CT molecular complexity index is 1030. The molecule has 2 aromatic rings. The molecule has 2 aliphatic rings. The third kappa shape index (κ3) is 2.83. The highest BCUT2D eigenvalue weighted by molar-refractivity contribution is 8.26. The van der Waals surface area contributed by atoms with Gasteiger partial charge >= 0.3 is 0 Å². The van der Waals surface area contributed by atoms with Gasteiger partial charge in [0, 0.05) is 18.2 Å². The van der Waals surface area contributed by atoms with Crippen LogP contribution in [0, 0.1) is 0 Å². The zero-order valence-electron chi connectivity index (χ0n) is 14.1. The van der Waals surface area contributed by atoms with Crippen molar-refractivity contribution in [2.75, 3.05) is 11.9 Å². The molecule has 2 heterocycles. The molecule has 1 saturated heterocycles. The number of rotatable bonds is 2. The molecule has 8 heteroatoms. The number of fused-ring (bicyclic) bond motifs is 1. The van der Waals surface area contributed by atoms with Gasteiger partial charge in [-0.3, -0.25) is 19.8 Å². The van der Waals surface area contributed by atoms with E-state index in [9.17, 15) is 14.4 Å². The third-order valence-corrected chi connectivity index (χ3v) is 5.67. The Morgan fingerprint density at radius 3 is 2.41 bits per heavy atom. The van der Waals surface area contributed by atoms with E-state index in [1.54, 1.807) is 43.4 Å². The molecule has 0 aliphatic carbocycles. The maximum absolute atomic E-state index is 12.9. The Labute approximate surface area is 164 Å². The first-order valence-corrected chi connectivity index (χ1v) is 9.25. The van der Waals surface area contributed by atoms with Crippen molar-refractivity contribution in [3.8, 4) is 0 Å². The highest BCUT2D eigenvalue weighted by Gasteiger charge is 2.41. The number of hydrazine groups is 1. The van der Waals surface area contributed by atoms with E-state index >= 15 is 0 Å². The molecular formula is C19H13N3O3S2. The van der Waals surface area contributed by atoms with E-state index in [4.69, 9.17) is 12.2 Å². The second kappa shape index (κ2) is 6.64. The lowest BCUT2D eigenvalue weighted by molar-refractivity contribution is -0.124. The van der Waals surface area contributed by atoms with Crippen molar-refractivity contribution < 1.29 is 14.4 Å². The van der Waals surface area contributed by atoms with E-state index in [1.165, 1.54) is 4.90 Å². The first-order valence-electron chi connectivity index (χ1n) is 8.03. The highest BCUT2D eigenvalue weighted by Crippen LogP contribution is 2.43. The summed E-state index contributed by atoms with van der Waals surface area (Å²) in [5.41, 5.74) is 4.65. The number of nitrogens with one attached hydrogen (secondary N) is 1. The third-order valence-electron chi connectivity index (χ3n) is 4.30. The van der Waals surface area contributed by atoms with Gasteiger partial charge in [0.2, 0.25) is 0 Å². The molecule has 0 atom stereocenters. The molecule has 0 bridgehead atoms. The van der Waals surface area contributed by atoms with Crippen LogP contribution in [0.15, 0.2) is 59.5 Å². The van der Waals surface area contributed by atoms with Gasteiger partial charge in [0.15, 0.2) is 4.32 Å². The number of anilines is 1. The molecule has 0 spiro atoms. The molecule has 6 nitrogen and oxygen atoms in total. The number of thioether (sulfide) groups is 1. The number of nitrogens with zero attached hydrogens (tertiary/aromatic N) is 2. The molecule has 2 aliphatic heterocycles. The molecule has 0 unspecified atom stereocenters. The lowest BCUT2D eigenvalue weighted by atomic mass is 10.1. The van der Waals surface area contributed by atoms with Crippen molar-refractivity contribution in [3.05, 3.63) is 70.6 Å². The first-order chi connectivity index (χ1) is 13.0. The molecule has 1 fully saturated rings. The van der Waals surface area contributed by atoms with Crippen molar-refractivity contribution in [1.82, 2.24) is 10.4 Å². The van der Waals surface area contributed by atoms with Crippen LogP contribution in [-0.2, 0) is 9.59 Å². The number of amides is 3. The van der Waals surface area contributed by atoms with Crippen LogP contribution in [0.1, 0.15) is 15.9 Å². The van der Waals surface area contributed by atoms with Gasteiger partial charge in [0.25, 0.3) is 17.7 Å². The summed E-state index contributed by atoms with van der Waals surface area (Å²) in [6.07, 6.45) is 0. The summed E-state index contributed by atoms with van der Waals surface area (Å²) in [7, 11) is 1.66. The maximum Gasteiger partial charge on any atom is 0.286 e. The first kappa shape index (κ1) is 17.4. The van der Waals surface area contributed by atoms with E-state index in [2.05, 4.69) is 5.43 Å². The number of carbonyl (C=O) groups is 3. The largest absolute Gasteiger partial charge is 0.311 e. The van der Waals surface area contributed by atoms with Crippen molar-refractivity contribution in [2.45, 2.75) is 0 Å².